The van der Waals surface area contributed by atoms with Crippen LogP contribution in [0.1, 0.15) is 28.6 Å². The van der Waals surface area contributed by atoms with E-state index in [0.717, 1.165) is 5.56 Å². The zero-order chi connectivity index (χ0) is 20.5. The largest absolute Gasteiger partial charge is 0.0585 e. The van der Waals surface area contributed by atoms with Crippen LogP contribution in [0.2, 0.25) is 0 Å². The summed E-state index contributed by atoms with van der Waals surface area (Å²) >= 11 is 0.376. The molecule has 148 valence electrons. The average Bonchev–Trinajstić information content (AvgIpc) is 3.29. The fourth-order valence-corrected chi connectivity index (χ4v) is 3.71. The minimum absolute atomic E-state index is 0.0574. The number of anilines is 1. The van der Waals surface area contributed by atoms with E-state index in [1.54, 1.807) is 12.1 Å². The molecule has 1 aromatic carbocycles. The Kier molecular flexibility index (Phi) is 5.63. The molecule has 0 amide bonds. The molecule has 0 spiro atoms. The number of nitrogens with one attached hydrogen (secondary N) is 2. The monoisotopic (exact) mass is 591 g/mol. The topological polar surface area (TPSA) is 111 Å². The molecule has 0 aliphatic carbocycles. The van der Waals surface area contributed by atoms with Gasteiger partial charge in [-0.25, -0.2) is 0 Å². The van der Waals surface area contributed by atoms with E-state index < -0.39 is 30.0 Å². The molecule has 2 aromatic heterocycles. The van der Waals surface area contributed by atoms with Crippen molar-refractivity contribution in [3.8, 4) is 0 Å². The maximum absolute atomic E-state index is 14.7. The van der Waals surface area contributed by atoms with Crippen molar-refractivity contribution in [1.82, 2.24) is 19.5 Å². The van der Waals surface area contributed by atoms with E-state index in [2.05, 4.69) is 18.1 Å². The van der Waals surface area contributed by atoms with Gasteiger partial charge in [-0.05, 0) is 19.1 Å². The number of aromatic amines is 1. The third kappa shape index (κ3) is 4.03. The molecule has 0 radical (unpaired) electrons. The van der Waals surface area contributed by atoms with Gasteiger partial charge in [0.15, 0.2) is 0 Å². The molecule has 11 heteroatoms. The predicted octanol–water partition coefficient (Wildman–Crippen LogP) is 1.41. The molecule has 3 heterocycles. The molecule has 1 aliphatic heterocycles. The van der Waals surface area contributed by atoms with Crippen molar-refractivity contribution in [2.45, 2.75) is 31.8 Å². The second-order valence-corrected chi connectivity index (χ2v) is 7.87. The van der Waals surface area contributed by atoms with Gasteiger partial charge in [-0.1, -0.05) is 17.7 Å². The molecule has 1 saturated heterocycles. The van der Waals surface area contributed by atoms with Gasteiger partial charge in [-0.15, -0.1) is 0 Å². The van der Waals surface area contributed by atoms with E-state index in [1.807, 2.05) is 19.1 Å². The smallest absolute Gasteiger partial charge is 0.0474 e. The fraction of sp³-hybridized carbons (Fsp3) is 0.333. The van der Waals surface area contributed by atoms with Gasteiger partial charge in [0.1, 0.15) is 0 Å². The van der Waals surface area contributed by atoms with Crippen LogP contribution in [0.4, 0.5) is 10.3 Å². The molecule has 3 unspecified atom stereocenters. The number of imidazole rings is 1. The third-order valence-electron chi connectivity index (χ3n) is 4.66. The number of hydrogen-bond acceptors (Lipinski definition) is 7. The number of ether oxygens (including phenoxy) is 2. The number of carbonyl (C=O) groups excluding carboxylic acids is 1. The predicted molar refractivity (Wildman–Crippen MR) is 102 cm³/mol. The maximum atomic E-state index is 14.7. The van der Waals surface area contributed by atoms with E-state index in [0.29, 0.717) is 37.6 Å². The zero-order valence-corrected chi connectivity index (χ0v) is 20.0. The first-order valence-electron chi connectivity index (χ1n) is 8.93. The summed E-state index contributed by atoms with van der Waals surface area (Å²) in [5, 5.41) is 0. The average molecular weight is 591 g/mol. The first-order valence-corrected chi connectivity index (χ1v) is 11.2. The van der Waals surface area contributed by atoms with Gasteiger partial charge in [0, 0.05) is 0 Å². The quantitative estimate of drug-likeness (QED) is 0.342. The van der Waals surface area contributed by atoms with Crippen LogP contribution in [0.15, 0.2) is 35.4 Å². The molecular weight excluding hydrogens is 574 g/mol. The fourth-order valence-electron chi connectivity index (χ4n) is 3.17. The number of aromatic nitrogens is 4. The Morgan fingerprint density at radius 3 is 2.93 bits per heavy atom. The summed E-state index contributed by atoms with van der Waals surface area (Å²) in [6.07, 6.45) is -1.57. The summed E-state index contributed by atoms with van der Waals surface area (Å²) < 4.78 is 30.0. The number of carbonyl (C=O) groups is 1. The normalized spacial score (nSPS) is 21.3. The Bertz CT molecular complexity index is 1100. The van der Waals surface area contributed by atoms with Crippen molar-refractivity contribution in [3.05, 3.63) is 52.1 Å². The molecule has 3 aromatic rings. The van der Waals surface area contributed by atoms with Crippen LogP contribution in [0, 0.1) is 6.92 Å². The molecule has 0 saturated carbocycles. The summed E-state index contributed by atoms with van der Waals surface area (Å²) in [6, 6.07) is 6.99. The number of alkyl halides is 1. The van der Waals surface area contributed by atoms with Crippen molar-refractivity contribution < 1.29 is 18.7 Å². The Morgan fingerprint density at radius 2 is 2.21 bits per heavy atom. The number of fused-ring (bicyclic) bond motifs is 1. The number of esters is 1. The van der Waals surface area contributed by atoms with Gasteiger partial charge in [-0.2, -0.15) is 0 Å². The van der Waals surface area contributed by atoms with E-state index in [1.165, 1.54) is 10.9 Å². The maximum Gasteiger partial charge on any atom is -0.0474 e. The molecular formula is C18H17FN5O4Tl. The molecule has 2 N–H and O–H groups in total. The molecule has 1 fully saturated rings. The number of nitrogens with zero attached hydrogens (tertiary/aromatic N) is 3. The second-order valence-electron chi connectivity index (χ2n) is 6.75. The van der Waals surface area contributed by atoms with Gasteiger partial charge >= 0.3 is 144 Å². The second kappa shape index (κ2) is 8.18. The number of rotatable bonds is 5. The van der Waals surface area contributed by atoms with Crippen LogP contribution in [-0.2, 0) is 9.47 Å². The van der Waals surface area contributed by atoms with Crippen LogP contribution < -0.4 is 8.69 Å². The zero-order valence-electron chi connectivity index (χ0n) is 15.5. The molecule has 3 atom stereocenters. The first kappa shape index (κ1) is 19.9. The van der Waals surface area contributed by atoms with Crippen molar-refractivity contribution in [2.75, 3.05) is 9.73 Å². The van der Waals surface area contributed by atoms with Gasteiger partial charge in [-0.3, -0.25) is 0 Å². The van der Waals surface area contributed by atoms with Crippen LogP contribution in [-0.4, -0.2) is 70.4 Å². The number of hydrogen-bond donors (Lipinski definition) is 2. The molecule has 0 bridgehead atoms. The van der Waals surface area contributed by atoms with Crippen LogP contribution >= 0.6 is 0 Å². The van der Waals surface area contributed by atoms with E-state index in [9.17, 15) is 14.0 Å². The van der Waals surface area contributed by atoms with Crippen LogP contribution in [0.25, 0.3) is 11.2 Å². The Balaban J connectivity index is 1.47. The Labute approximate surface area is 180 Å². The SMILES string of the molecule is Cc1ccc(C(=O)OCC2CC(F)C(n3cnc4c(=O)[nH]c([NH][Tl])nc43)O2)cc1. The summed E-state index contributed by atoms with van der Waals surface area (Å²) in [7, 11) is 0. The van der Waals surface area contributed by atoms with Crippen LogP contribution in [0.5, 0.6) is 0 Å². The van der Waals surface area contributed by atoms with Crippen LogP contribution in [0.3, 0.4) is 0 Å². The summed E-state index contributed by atoms with van der Waals surface area (Å²) in [6.45, 7) is 1.85. The van der Waals surface area contributed by atoms with Crippen molar-refractivity contribution in [2.24, 2.45) is 0 Å². The molecule has 29 heavy (non-hydrogen) atoms. The van der Waals surface area contributed by atoms with Crippen molar-refractivity contribution in [3.63, 3.8) is 0 Å². The number of benzene rings is 1. The Morgan fingerprint density at radius 1 is 1.45 bits per heavy atom. The first-order chi connectivity index (χ1) is 14.0. The number of halogens is 1. The standard InChI is InChI=1S/C18H18FN5O4.Tl/c1-9-2-4-10(5-3-9)17(26)27-7-11-6-12(19)16(28-11)24-8-21-13-14(24)22-18(20)23-15(13)25;/h2-5,8,11-12,16H,6-7H2,1H3,(H3,20,22,23,25);/q;+1/p-1. The summed E-state index contributed by atoms with van der Waals surface area (Å²) in [5.41, 5.74) is 1.40. The van der Waals surface area contributed by atoms with Crippen molar-refractivity contribution >= 4 is 49.1 Å². The van der Waals surface area contributed by atoms with Gasteiger partial charge < -0.3 is 0 Å². The number of H-pyrrole nitrogens is 1. The van der Waals surface area contributed by atoms with Gasteiger partial charge in [0.25, 0.3) is 0 Å². The number of aryl methyl sites for hydroxylation is 1. The molecule has 9 nitrogen and oxygen atoms in total. The van der Waals surface area contributed by atoms with Gasteiger partial charge in [0.05, 0.1) is 0 Å². The summed E-state index contributed by atoms with van der Waals surface area (Å²) in [5.74, 6) is -0.177. The molecule has 1 aliphatic rings. The minimum atomic E-state index is -1.36. The Hall–Kier alpha value is -2.35. The molecule has 4 rings (SSSR count). The minimum Gasteiger partial charge on any atom is -0.0585 e. The van der Waals surface area contributed by atoms with E-state index in [4.69, 9.17) is 9.47 Å². The van der Waals surface area contributed by atoms with E-state index >= 15 is 0 Å². The third-order valence-corrected chi connectivity index (χ3v) is 5.72. The van der Waals surface area contributed by atoms with Gasteiger partial charge in [0.2, 0.25) is 0 Å². The summed E-state index contributed by atoms with van der Waals surface area (Å²) in [4.78, 5) is 35.1. The van der Waals surface area contributed by atoms with E-state index in [-0.39, 0.29) is 24.2 Å². The van der Waals surface area contributed by atoms with Crippen molar-refractivity contribution in [1.29, 1.82) is 0 Å².